The Kier molecular flexibility index (Phi) is 4.70. The van der Waals surface area contributed by atoms with Gasteiger partial charge >= 0.3 is 0 Å². The standard InChI is InChI=1S/C23H15BrClN3O/c24-18-9-3-6-12-21(18)28-23(29-14-15-7-1-4-10-19(15)25)17-13-26-20-11-5-2-8-16(20)22(17)27-28/h1-13H,14H2. The second-order valence-electron chi connectivity index (χ2n) is 6.59. The summed E-state index contributed by atoms with van der Waals surface area (Å²) in [6.45, 7) is 0.331. The van der Waals surface area contributed by atoms with Crippen LogP contribution in [0.2, 0.25) is 5.02 Å². The van der Waals surface area contributed by atoms with Gasteiger partial charge in [0, 0.05) is 26.6 Å². The number of nitrogens with zero attached hydrogens (tertiary/aromatic N) is 3. The van der Waals surface area contributed by atoms with Gasteiger partial charge in [-0.2, -0.15) is 9.78 Å². The molecule has 0 bridgehead atoms. The van der Waals surface area contributed by atoms with Crippen LogP contribution < -0.4 is 4.74 Å². The van der Waals surface area contributed by atoms with Crippen molar-refractivity contribution in [3.05, 3.63) is 94.1 Å². The summed E-state index contributed by atoms with van der Waals surface area (Å²) in [5.41, 5.74) is 3.55. The van der Waals surface area contributed by atoms with Crippen LogP contribution in [-0.4, -0.2) is 14.8 Å². The first-order chi connectivity index (χ1) is 14.2. The van der Waals surface area contributed by atoms with Crippen LogP contribution in [0.1, 0.15) is 5.56 Å². The summed E-state index contributed by atoms with van der Waals surface area (Å²) < 4.78 is 9.01. The van der Waals surface area contributed by atoms with Crippen molar-refractivity contribution >= 4 is 49.3 Å². The Labute approximate surface area is 180 Å². The smallest absolute Gasteiger partial charge is 0.226 e. The average Bonchev–Trinajstić information content (AvgIpc) is 3.12. The van der Waals surface area contributed by atoms with Crippen molar-refractivity contribution < 1.29 is 4.74 Å². The van der Waals surface area contributed by atoms with Crippen LogP contribution in [0, 0.1) is 0 Å². The highest BCUT2D eigenvalue weighted by atomic mass is 79.9. The number of pyridine rings is 1. The number of rotatable bonds is 4. The molecule has 3 aromatic carbocycles. The predicted molar refractivity (Wildman–Crippen MR) is 120 cm³/mol. The molecular formula is C23H15BrClN3O. The molecule has 0 aliphatic carbocycles. The molecule has 4 nitrogen and oxygen atoms in total. The lowest BCUT2D eigenvalue weighted by Gasteiger charge is -2.11. The fourth-order valence-electron chi connectivity index (χ4n) is 3.34. The highest BCUT2D eigenvalue weighted by Gasteiger charge is 2.19. The summed E-state index contributed by atoms with van der Waals surface area (Å²) in [6, 6.07) is 23.6. The minimum atomic E-state index is 0.331. The first kappa shape index (κ1) is 18.2. The van der Waals surface area contributed by atoms with Crippen LogP contribution in [0.25, 0.3) is 27.5 Å². The molecule has 0 unspecified atom stereocenters. The number of hydrogen-bond acceptors (Lipinski definition) is 3. The van der Waals surface area contributed by atoms with Gasteiger partial charge in [0.05, 0.1) is 16.6 Å². The quantitative estimate of drug-likeness (QED) is 0.302. The highest BCUT2D eigenvalue weighted by molar-refractivity contribution is 9.10. The van der Waals surface area contributed by atoms with E-state index in [-0.39, 0.29) is 0 Å². The van der Waals surface area contributed by atoms with E-state index in [2.05, 4.69) is 20.9 Å². The third-order valence-corrected chi connectivity index (χ3v) is 5.81. The first-order valence-electron chi connectivity index (χ1n) is 9.10. The molecule has 0 N–H and O–H groups in total. The number of ether oxygens (including phenoxy) is 1. The summed E-state index contributed by atoms with van der Waals surface area (Å²) in [5.74, 6) is 0.630. The van der Waals surface area contributed by atoms with E-state index in [1.165, 1.54) is 0 Å². The summed E-state index contributed by atoms with van der Waals surface area (Å²) >= 11 is 9.95. The molecule has 0 spiro atoms. The van der Waals surface area contributed by atoms with Gasteiger partial charge in [-0.3, -0.25) is 4.98 Å². The Hall–Kier alpha value is -2.89. The van der Waals surface area contributed by atoms with E-state index in [4.69, 9.17) is 21.4 Å². The summed E-state index contributed by atoms with van der Waals surface area (Å²) in [7, 11) is 0. The van der Waals surface area contributed by atoms with Crippen LogP contribution in [0.15, 0.2) is 83.5 Å². The second kappa shape index (κ2) is 7.50. The fourth-order valence-corrected chi connectivity index (χ4v) is 3.98. The lowest BCUT2D eigenvalue weighted by Crippen LogP contribution is -2.04. The third kappa shape index (κ3) is 3.26. The number of fused-ring (bicyclic) bond motifs is 3. The summed E-state index contributed by atoms with van der Waals surface area (Å²) in [5, 5.41) is 7.41. The largest absolute Gasteiger partial charge is 0.472 e. The van der Waals surface area contributed by atoms with E-state index < -0.39 is 0 Å². The van der Waals surface area contributed by atoms with Crippen molar-refractivity contribution in [3.8, 4) is 11.6 Å². The maximum absolute atomic E-state index is 6.32. The number of para-hydroxylation sites is 2. The van der Waals surface area contributed by atoms with Crippen molar-refractivity contribution in [2.45, 2.75) is 6.61 Å². The van der Waals surface area contributed by atoms with Crippen molar-refractivity contribution in [3.63, 3.8) is 0 Å². The molecule has 5 rings (SSSR count). The molecule has 6 heteroatoms. The van der Waals surface area contributed by atoms with Crippen LogP contribution >= 0.6 is 27.5 Å². The van der Waals surface area contributed by atoms with Gasteiger partial charge in [0.1, 0.15) is 12.1 Å². The van der Waals surface area contributed by atoms with Crippen molar-refractivity contribution in [2.24, 2.45) is 0 Å². The number of benzene rings is 3. The van der Waals surface area contributed by atoms with E-state index in [0.717, 1.165) is 37.5 Å². The van der Waals surface area contributed by atoms with Gasteiger partial charge < -0.3 is 4.74 Å². The number of aromatic nitrogens is 3. The molecule has 0 saturated carbocycles. The molecular weight excluding hydrogens is 450 g/mol. The predicted octanol–water partition coefficient (Wildman–Crippen LogP) is 6.57. The normalized spacial score (nSPS) is 11.2. The Morgan fingerprint density at radius 3 is 2.52 bits per heavy atom. The van der Waals surface area contributed by atoms with Crippen molar-refractivity contribution in [2.75, 3.05) is 0 Å². The van der Waals surface area contributed by atoms with E-state index in [9.17, 15) is 0 Å². The Balaban J connectivity index is 1.71. The van der Waals surface area contributed by atoms with Crippen LogP contribution in [-0.2, 0) is 6.61 Å². The molecule has 0 aliphatic heterocycles. The zero-order valence-electron chi connectivity index (χ0n) is 15.2. The molecule has 142 valence electrons. The molecule has 0 saturated heterocycles. The fraction of sp³-hybridized carbons (Fsp3) is 0.0435. The first-order valence-corrected chi connectivity index (χ1v) is 10.3. The zero-order chi connectivity index (χ0) is 19.8. The number of halogens is 2. The van der Waals surface area contributed by atoms with Gasteiger partial charge in [0.2, 0.25) is 5.88 Å². The van der Waals surface area contributed by atoms with Gasteiger partial charge in [-0.25, -0.2) is 0 Å². The van der Waals surface area contributed by atoms with E-state index in [0.29, 0.717) is 17.5 Å². The molecule has 0 atom stereocenters. The zero-order valence-corrected chi connectivity index (χ0v) is 17.6. The Bertz CT molecular complexity index is 1350. The number of hydrogen-bond donors (Lipinski definition) is 0. The second-order valence-corrected chi connectivity index (χ2v) is 7.85. The van der Waals surface area contributed by atoms with E-state index in [1.807, 2.05) is 83.7 Å². The Morgan fingerprint density at radius 2 is 1.66 bits per heavy atom. The molecule has 5 aromatic rings. The SMILES string of the molecule is Clc1ccccc1COc1c2cnc3ccccc3c2nn1-c1ccccc1Br. The molecule has 0 radical (unpaired) electrons. The molecule has 0 aliphatic rings. The van der Waals surface area contributed by atoms with Crippen LogP contribution in [0.4, 0.5) is 0 Å². The van der Waals surface area contributed by atoms with Gasteiger partial charge in [0.25, 0.3) is 0 Å². The van der Waals surface area contributed by atoms with Gasteiger partial charge in [-0.1, -0.05) is 60.1 Å². The maximum Gasteiger partial charge on any atom is 0.226 e. The van der Waals surface area contributed by atoms with Gasteiger partial charge in [-0.05, 0) is 40.2 Å². The van der Waals surface area contributed by atoms with Crippen LogP contribution in [0.5, 0.6) is 5.88 Å². The molecule has 2 heterocycles. The lowest BCUT2D eigenvalue weighted by atomic mass is 10.2. The molecule has 0 fully saturated rings. The average molecular weight is 465 g/mol. The van der Waals surface area contributed by atoms with Crippen molar-refractivity contribution in [1.29, 1.82) is 0 Å². The summed E-state index contributed by atoms with van der Waals surface area (Å²) in [4.78, 5) is 4.60. The molecule has 2 aromatic heterocycles. The summed E-state index contributed by atoms with van der Waals surface area (Å²) in [6.07, 6.45) is 1.82. The third-order valence-electron chi connectivity index (χ3n) is 4.77. The minimum absolute atomic E-state index is 0.331. The lowest BCUT2D eigenvalue weighted by molar-refractivity contribution is 0.288. The Morgan fingerprint density at radius 1 is 0.897 bits per heavy atom. The van der Waals surface area contributed by atoms with Crippen LogP contribution in [0.3, 0.4) is 0 Å². The van der Waals surface area contributed by atoms with Crippen molar-refractivity contribution in [1.82, 2.24) is 14.8 Å². The van der Waals surface area contributed by atoms with Gasteiger partial charge in [0.15, 0.2) is 0 Å². The topological polar surface area (TPSA) is 39.9 Å². The minimum Gasteiger partial charge on any atom is -0.472 e. The molecule has 0 amide bonds. The van der Waals surface area contributed by atoms with Gasteiger partial charge in [-0.15, -0.1) is 0 Å². The van der Waals surface area contributed by atoms with E-state index in [1.54, 1.807) is 0 Å². The van der Waals surface area contributed by atoms with E-state index >= 15 is 0 Å². The molecule has 29 heavy (non-hydrogen) atoms. The maximum atomic E-state index is 6.32. The highest BCUT2D eigenvalue weighted by Crippen LogP contribution is 2.35. The monoisotopic (exact) mass is 463 g/mol.